The highest BCUT2D eigenvalue weighted by atomic mass is 35.5. The molecule has 0 heterocycles. The molecule has 2 rings (SSSR count). The smallest absolute Gasteiger partial charge is 0.308 e. The molecule has 1 aromatic rings. The predicted octanol–water partition coefficient (Wildman–Crippen LogP) is 2.16. The van der Waals surface area contributed by atoms with Gasteiger partial charge in [-0.3, -0.25) is 9.59 Å². The molecule has 0 spiro atoms. The molecule has 6 heteroatoms. The maximum atomic E-state index is 12.1. The number of rotatable bonds is 4. The van der Waals surface area contributed by atoms with E-state index in [0.717, 1.165) is 0 Å². The minimum atomic E-state index is -0.985. The van der Waals surface area contributed by atoms with Crippen LogP contribution in [-0.4, -0.2) is 36.2 Å². The van der Waals surface area contributed by atoms with Gasteiger partial charge < -0.3 is 15.2 Å². The molecule has 5 nitrogen and oxygen atoms in total. The van der Waals surface area contributed by atoms with Crippen molar-refractivity contribution in [3.63, 3.8) is 0 Å². The van der Waals surface area contributed by atoms with Gasteiger partial charge in [0.2, 0.25) is 0 Å². The second-order valence-corrected chi connectivity index (χ2v) is 6.09. The number of benzene rings is 1. The van der Waals surface area contributed by atoms with E-state index in [2.05, 4.69) is 5.32 Å². The number of ether oxygens (including phenoxy) is 1. The number of hydrogen-bond donors (Lipinski definition) is 2. The van der Waals surface area contributed by atoms with Crippen molar-refractivity contribution < 1.29 is 19.4 Å². The lowest BCUT2D eigenvalue weighted by molar-refractivity contribution is -0.148. The fourth-order valence-corrected chi connectivity index (χ4v) is 2.94. The van der Waals surface area contributed by atoms with Crippen LogP contribution in [0.3, 0.4) is 0 Å². The van der Waals surface area contributed by atoms with Gasteiger partial charge in [-0.1, -0.05) is 23.7 Å². The van der Waals surface area contributed by atoms with Gasteiger partial charge in [0.05, 0.1) is 29.2 Å². The molecule has 0 saturated heterocycles. The fraction of sp³-hybridized carbons (Fsp3) is 0.500. The lowest BCUT2D eigenvalue weighted by Gasteiger charge is -2.35. The second kappa shape index (κ2) is 7.11. The molecule has 1 aliphatic rings. The van der Waals surface area contributed by atoms with E-state index in [4.69, 9.17) is 16.3 Å². The number of esters is 1. The summed E-state index contributed by atoms with van der Waals surface area (Å²) in [7, 11) is 1.37. The number of aliphatic hydroxyl groups is 1. The van der Waals surface area contributed by atoms with E-state index >= 15 is 0 Å². The molecule has 0 aliphatic heterocycles. The molecule has 22 heavy (non-hydrogen) atoms. The Bertz CT molecular complexity index is 553. The normalized spacial score (nSPS) is 24.6. The number of nitrogens with one attached hydrogen (secondary N) is 1. The van der Waals surface area contributed by atoms with Gasteiger partial charge in [0, 0.05) is 6.54 Å². The molecular formula is C16H20ClNO4. The lowest BCUT2D eigenvalue weighted by Crippen LogP contribution is -2.46. The zero-order chi connectivity index (χ0) is 16.2. The standard InChI is InChI=1S/C16H20ClNO4/c1-22-15(20)11-6-8-16(21,9-7-11)10-18-14(19)12-4-2-3-5-13(12)17/h2-5,11,21H,6-10H2,1H3,(H,18,19). The van der Waals surface area contributed by atoms with E-state index in [1.165, 1.54) is 7.11 Å². The number of halogens is 1. The third kappa shape index (κ3) is 3.99. The Hall–Kier alpha value is -1.59. The zero-order valence-electron chi connectivity index (χ0n) is 12.5. The van der Waals surface area contributed by atoms with Crippen molar-refractivity contribution in [2.24, 2.45) is 5.92 Å². The van der Waals surface area contributed by atoms with Crippen LogP contribution in [0.2, 0.25) is 5.02 Å². The summed E-state index contributed by atoms with van der Waals surface area (Å²) in [6.07, 6.45) is 2.03. The zero-order valence-corrected chi connectivity index (χ0v) is 13.2. The summed E-state index contributed by atoms with van der Waals surface area (Å²) >= 11 is 5.97. The molecule has 0 aromatic heterocycles. The van der Waals surface area contributed by atoms with Crippen molar-refractivity contribution in [3.05, 3.63) is 34.9 Å². The van der Waals surface area contributed by atoms with Crippen LogP contribution < -0.4 is 5.32 Å². The van der Waals surface area contributed by atoms with Gasteiger partial charge in [-0.15, -0.1) is 0 Å². The molecular weight excluding hydrogens is 306 g/mol. The summed E-state index contributed by atoms with van der Waals surface area (Å²) in [5.74, 6) is -0.708. The first kappa shape index (κ1) is 16.8. The molecule has 1 aliphatic carbocycles. The Balaban J connectivity index is 1.88. The highest BCUT2D eigenvalue weighted by Crippen LogP contribution is 2.32. The van der Waals surface area contributed by atoms with Crippen LogP contribution in [0, 0.1) is 5.92 Å². The number of carbonyl (C=O) groups excluding carboxylic acids is 2. The van der Waals surface area contributed by atoms with Gasteiger partial charge in [-0.2, -0.15) is 0 Å². The summed E-state index contributed by atoms with van der Waals surface area (Å²) in [6.45, 7) is 0.144. The van der Waals surface area contributed by atoms with Crippen molar-refractivity contribution in [3.8, 4) is 0 Å². The first-order chi connectivity index (χ1) is 10.4. The minimum absolute atomic E-state index is 0.144. The SMILES string of the molecule is COC(=O)C1CCC(O)(CNC(=O)c2ccccc2Cl)CC1. The van der Waals surface area contributed by atoms with Gasteiger partial charge in [0.15, 0.2) is 0 Å². The Labute approximate surface area is 134 Å². The van der Waals surface area contributed by atoms with Gasteiger partial charge >= 0.3 is 5.97 Å². The summed E-state index contributed by atoms with van der Waals surface area (Å²) in [4.78, 5) is 23.6. The van der Waals surface area contributed by atoms with Gasteiger partial charge in [0.25, 0.3) is 5.91 Å². The summed E-state index contributed by atoms with van der Waals surface area (Å²) < 4.78 is 4.72. The van der Waals surface area contributed by atoms with E-state index in [9.17, 15) is 14.7 Å². The molecule has 1 saturated carbocycles. The van der Waals surface area contributed by atoms with E-state index < -0.39 is 5.60 Å². The van der Waals surface area contributed by atoms with E-state index in [0.29, 0.717) is 36.3 Å². The Morgan fingerprint density at radius 1 is 1.36 bits per heavy atom. The second-order valence-electron chi connectivity index (χ2n) is 5.68. The van der Waals surface area contributed by atoms with E-state index in [1.54, 1.807) is 24.3 Å². The summed E-state index contributed by atoms with van der Waals surface area (Å²) in [6, 6.07) is 6.76. The molecule has 0 unspecified atom stereocenters. The van der Waals surface area contributed by atoms with E-state index in [-0.39, 0.29) is 24.3 Å². The Morgan fingerprint density at radius 3 is 2.59 bits per heavy atom. The van der Waals surface area contributed by atoms with Crippen molar-refractivity contribution in [1.82, 2.24) is 5.32 Å². The average molecular weight is 326 g/mol. The van der Waals surface area contributed by atoms with Gasteiger partial charge in [-0.25, -0.2) is 0 Å². The van der Waals surface area contributed by atoms with Crippen LogP contribution in [0.5, 0.6) is 0 Å². The van der Waals surface area contributed by atoms with E-state index in [1.807, 2.05) is 0 Å². The number of amides is 1. The molecule has 0 bridgehead atoms. The van der Waals surface area contributed by atoms with Crippen LogP contribution in [0.15, 0.2) is 24.3 Å². The van der Waals surface area contributed by atoms with Crippen LogP contribution >= 0.6 is 11.6 Å². The Kier molecular flexibility index (Phi) is 5.42. The summed E-state index contributed by atoms with van der Waals surface area (Å²) in [5, 5.41) is 13.6. The first-order valence-corrected chi connectivity index (χ1v) is 7.66. The summed E-state index contributed by atoms with van der Waals surface area (Å²) in [5.41, 5.74) is -0.599. The molecule has 1 amide bonds. The van der Waals surface area contributed by atoms with Gasteiger partial charge in [0.1, 0.15) is 0 Å². The molecule has 2 N–H and O–H groups in total. The van der Waals surface area contributed by atoms with Crippen LogP contribution in [-0.2, 0) is 9.53 Å². The highest BCUT2D eigenvalue weighted by Gasteiger charge is 2.36. The van der Waals surface area contributed by atoms with Crippen molar-refractivity contribution >= 4 is 23.5 Å². The fourth-order valence-electron chi connectivity index (χ4n) is 2.72. The van der Waals surface area contributed by atoms with Crippen molar-refractivity contribution in [2.75, 3.05) is 13.7 Å². The number of methoxy groups -OCH3 is 1. The molecule has 1 aromatic carbocycles. The van der Waals surface area contributed by atoms with Crippen molar-refractivity contribution in [1.29, 1.82) is 0 Å². The van der Waals surface area contributed by atoms with Gasteiger partial charge in [-0.05, 0) is 37.8 Å². The maximum absolute atomic E-state index is 12.1. The third-order valence-corrected chi connectivity index (χ3v) is 4.48. The quantitative estimate of drug-likeness (QED) is 0.832. The van der Waals surface area contributed by atoms with Crippen molar-refractivity contribution in [2.45, 2.75) is 31.3 Å². The number of hydrogen-bond acceptors (Lipinski definition) is 4. The molecule has 0 radical (unpaired) electrons. The van der Waals surface area contributed by atoms with Crippen LogP contribution in [0.1, 0.15) is 36.0 Å². The van der Waals surface area contributed by atoms with Crippen LogP contribution in [0.4, 0.5) is 0 Å². The highest BCUT2D eigenvalue weighted by molar-refractivity contribution is 6.33. The first-order valence-electron chi connectivity index (χ1n) is 7.28. The number of carbonyl (C=O) groups is 2. The lowest BCUT2D eigenvalue weighted by atomic mass is 9.78. The molecule has 120 valence electrons. The maximum Gasteiger partial charge on any atom is 0.308 e. The molecule has 0 atom stereocenters. The third-order valence-electron chi connectivity index (χ3n) is 4.15. The predicted molar refractivity (Wildman–Crippen MR) is 82.7 cm³/mol. The minimum Gasteiger partial charge on any atom is -0.469 e. The topological polar surface area (TPSA) is 75.6 Å². The molecule has 1 fully saturated rings. The average Bonchev–Trinajstić information content (AvgIpc) is 2.53. The largest absolute Gasteiger partial charge is 0.469 e. The van der Waals surface area contributed by atoms with Crippen LogP contribution in [0.25, 0.3) is 0 Å². The monoisotopic (exact) mass is 325 g/mol. The Morgan fingerprint density at radius 2 is 2.00 bits per heavy atom.